The fraction of sp³-hybridized carbons (Fsp3) is 0.364. The Kier molecular flexibility index (Phi) is 6.99. The topological polar surface area (TPSA) is 52.6 Å². The molecule has 0 atom stereocenters. The maximum absolute atomic E-state index is 12.5. The molecule has 27 heavy (non-hydrogen) atoms. The van der Waals surface area contributed by atoms with Crippen LogP contribution < -0.4 is 15.1 Å². The highest BCUT2D eigenvalue weighted by atomic mass is 16.2. The standard InChI is InChI=1S/C22H29N3O2/c1-6-24(7-2)19-11-13-20(14-12-19)25(18(5)26)15-22(27)23-21-10-8-9-16(3)17(21)4/h8-14H,6-7,15H2,1-5H3,(H,23,27). The Morgan fingerprint density at radius 2 is 1.52 bits per heavy atom. The van der Waals surface area contributed by atoms with Crippen molar-refractivity contribution in [3.05, 3.63) is 53.6 Å². The minimum Gasteiger partial charge on any atom is -0.372 e. The van der Waals surface area contributed by atoms with Gasteiger partial charge >= 0.3 is 0 Å². The third-order valence-electron chi connectivity index (χ3n) is 4.85. The minimum atomic E-state index is -0.216. The van der Waals surface area contributed by atoms with Gasteiger partial charge in [-0.2, -0.15) is 0 Å². The second-order valence-corrected chi connectivity index (χ2v) is 6.59. The van der Waals surface area contributed by atoms with E-state index in [0.29, 0.717) is 0 Å². The highest BCUT2D eigenvalue weighted by Gasteiger charge is 2.17. The zero-order valence-electron chi connectivity index (χ0n) is 16.9. The van der Waals surface area contributed by atoms with E-state index in [9.17, 15) is 9.59 Å². The van der Waals surface area contributed by atoms with E-state index in [1.54, 1.807) is 0 Å². The maximum atomic E-state index is 12.5. The molecule has 2 amide bonds. The van der Waals surface area contributed by atoms with E-state index in [-0.39, 0.29) is 18.4 Å². The van der Waals surface area contributed by atoms with Crippen LogP contribution in [0.15, 0.2) is 42.5 Å². The first-order valence-corrected chi connectivity index (χ1v) is 9.36. The molecule has 0 heterocycles. The summed E-state index contributed by atoms with van der Waals surface area (Å²) in [6.07, 6.45) is 0. The molecule has 0 fully saturated rings. The van der Waals surface area contributed by atoms with Crippen LogP contribution in [0.2, 0.25) is 0 Å². The zero-order valence-corrected chi connectivity index (χ0v) is 16.9. The monoisotopic (exact) mass is 367 g/mol. The van der Waals surface area contributed by atoms with Crippen LogP contribution in [-0.4, -0.2) is 31.4 Å². The SMILES string of the molecule is CCN(CC)c1ccc(N(CC(=O)Nc2cccc(C)c2C)C(C)=O)cc1. The van der Waals surface area contributed by atoms with Crippen molar-refractivity contribution >= 4 is 28.9 Å². The summed E-state index contributed by atoms with van der Waals surface area (Å²) >= 11 is 0. The van der Waals surface area contributed by atoms with Crippen LogP contribution in [0.4, 0.5) is 17.1 Å². The molecule has 144 valence electrons. The van der Waals surface area contributed by atoms with Gasteiger partial charge in [0.1, 0.15) is 6.54 Å². The summed E-state index contributed by atoms with van der Waals surface area (Å²) in [5, 5.41) is 2.91. The van der Waals surface area contributed by atoms with Crippen molar-refractivity contribution in [2.24, 2.45) is 0 Å². The van der Waals surface area contributed by atoms with Gasteiger partial charge in [0.15, 0.2) is 0 Å². The summed E-state index contributed by atoms with van der Waals surface area (Å²) in [6.45, 7) is 11.5. The number of nitrogens with zero attached hydrogens (tertiary/aromatic N) is 2. The highest BCUT2D eigenvalue weighted by Crippen LogP contribution is 2.22. The Hall–Kier alpha value is -2.82. The summed E-state index contributed by atoms with van der Waals surface area (Å²) < 4.78 is 0. The average Bonchev–Trinajstić information content (AvgIpc) is 2.65. The van der Waals surface area contributed by atoms with E-state index >= 15 is 0 Å². The van der Waals surface area contributed by atoms with E-state index in [4.69, 9.17) is 0 Å². The van der Waals surface area contributed by atoms with Crippen molar-refractivity contribution in [2.75, 3.05) is 34.8 Å². The number of carbonyl (C=O) groups excluding carboxylic acids is 2. The summed E-state index contributed by atoms with van der Waals surface area (Å²) in [4.78, 5) is 28.4. The minimum absolute atomic E-state index is 0.0205. The van der Waals surface area contributed by atoms with Gasteiger partial charge in [-0.25, -0.2) is 0 Å². The zero-order chi connectivity index (χ0) is 20.0. The van der Waals surface area contributed by atoms with Gasteiger partial charge in [-0.1, -0.05) is 12.1 Å². The number of carbonyl (C=O) groups is 2. The normalized spacial score (nSPS) is 10.4. The summed E-state index contributed by atoms with van der Waals surface area (Å²) in [5.41, 5.74) is 4.74. The number of nitrogens with one attached hydrogen (secondary N) is 1. The number of anilines is 3. The number of aryl methyl sites for hydroxylation is 1. The molecule has 0 aromatic heterocycles. The Morgan fingerprint density at radius 3 is 2.07 bits per heavy atom. The number of benzene rings is 2. The molecule has 0 aliphatic heterocycles. The van der Waals surface area contributed by atoms with Crippen molar-refractivity contribution < 1.29 is 9.59 Å². The van der Waals surface area contributed by atoms with Gasteiger partial charge in [0.25, 0.3) is 0 Å². The molecule has 0 aliphatic rings. The fourth-order valence-electron chi connectivity index (χ4n) is 3.04. The van der Waals surface area contributed by atoms with E-state index in [0.717, 1.165) is 41.3 Å². The molecule has 0 spiro atoms. The first-order chi connectivity index (χ1) is 12.9. The molecule has 2 aromatic rings. The highest BCUT2D eigenvalue weighted by molar-refractivity contribution is 6.02. The van der Waals surface area contributed by atoms with Crippen LogP contribution in [0.1, 0.15) is 31.9 Å². The predicted octanol–water partition coefficient (Wildman–Crippen LogP) is 4.14. The van der Waals surface area contributed by atoms with E-state index in [2.05, 4.69) is 24.1 Å². The van der Waals surface area contributed by atoms with Crippen molar-refractivity contribution in [3.63, 3.8) is 0 Å². The van der Waals surface area contributed by atoms with Gasteiger partial charge in [-0.3, -0.25) is 9.59 Å². The van der Waals surface area contributed by atoms with Gasteiger partial charge < -0.3 is 15.1 Å². The van der Waals surface area contributed by atoms with Crippen molar-refractivity contribution in [1.82, 2.24) is 0 Å². The average molecular weight is 367 g/mol. The predicted molar refractivity (Wildman–Crippen MR) is 113 cm³/mol. The first-order valence-electron chi connectivity index (χ1n) is 9.36. The quantitative estimate of drug-likeness (QED) is 0.800. The van der Waals surface area contributed by atoms with Gasteiger partial charge in [-0.15, -0.1) is 0 Å². The van der Waals surface area contributed by atoms with Crippen LogP contribution in [0.5, 0.6) is 0 Å². The summed E-state index contributed by atoms with van der Waals surface area (Å²) in [6, 6.07) is 13.5. The molecule has 5 nitrogen and oxygen atoms in total. The lowest BCUT2D eigenvalue weighted by molar-refractivity contribution is -0.120. The lowest BCUT2D eigenvalue weighted by Gasteiger charge is -2.24. The molecular weight excluding hydrogens is 338 g/mol. The molecule has 0 radical (unpaired) electrons. The van der Waals surface area contributed by atoms with Gasteiger partial charge in [0.05, 0.1) is 0 Å². The lowest BCUT2D eigenvalue weighted by atomic mass is 10.1. The molecule has 2 rings (SSSR count). The number of hydrogen-bond donors (Lipinski definition) is 1. The molecule has 0 saturated carbocycles. The van der Waals surface area contributed by atoms with Crippen LogP contribution in [0.25, 0.3) is 0 Å². The van der Waals surface area contributed by atoms with E-state index in [1.165, 1.54) is 11.8 Å². The largest absolute Gasteiger partial charge is 0.372 e. The molecular formula is C22H29N3O2. The Labute approximate surface area is 162 Å². The third kappa shape index (κ3) is 5.09. The van der Waals surface area contributed by atoms with Gasteiger partial charge in [0, 0.05) is 37.1 Å². The van der Waals surface area contributed by atoms with E-state index in [1.807, 2.05) is 56.3 Å². The Bertz CT molecular complexity index is 796. The number of rotatable bonds is 7. The van der Waals surface area contributed by atoms with Crippen LogP contribution >= 0.6 is 0 Å². The van der Waals surface area contributed by atoms with Crippen molar-refractivity contribution in [1.29, 1.82) is 0 Å². The van der Waals surface area contributed by atoms with Crippen LogP contribution in [0.3, 0.4) is 0 Å². The molecule has 5 heteroatoms. The van der Waals surface area contributed by atoms with Gasteiger partial charge in [-0.05, 0) is 69.2 Å². The molecule has 1 N–H and O–H groups in total. The van der Waals surface area contributed by atoms with Crippen molar-refractivity contribution in [3.8, 4) is 0 Å². The third-order valence-corrected chi connectivity index (χ3v) is 4.85. The molecule has 2 aromatic carbocycles. The summed E-state index contributed by atoms with van der Waals surface area (Å²) in [7, 11) is 0. The van der Waals surface area contributed by atoms with Crippen LogP contribution in [-0.2, 0) is 9.59 Å². The molecule has 0 saturated heterocycles. The number of amides is 2. The van der Waals surface area contributed by atoms with E-state index < -0.39 is 0 Å². The molecule has 0 unspecified atom stereocenters. The fourth-order valence-corrected chi connectivity index (χ4v) is 3.04. The lowest BCUT2D eigenvalue weighted by Crippen LogP contribution is -2.36. The maximum Gasteiger partial charge on any atom is 0.244 e. The number of hydrogen-bond acceptors (Lipinski definition) is 3. The van der Waals surface area contributed by atoms with Gasteiger partial charge in [0.2, 0.25) is 11.8 Å². The summed E-state index contributed by atoms with van der Waals surface area (Å²) in [5.74, 6) is -0.381. The molecule has 0 aliphatic carbocycles. The Morgan fingerprint density at radius 1 is 0.926 bits per heavy atom. The van der Waals surface area contributed by atoms with Crippen molar-refractivity contribution in [2.45, 2.75) is 34.6 Å². The second-order valence-electron chi connectivity index (χ2n) is 6.59. The molecule has 0 bridgehead atoms. The Balaban J connectivity index is 2.14. The smallest absolute Gasteiger partial charge is 0.244 e. The second kappa shape index (κ2) is 9.21. The first kappa shape index (κ1) is 20.5. The van der Waals surface area contributed by atoms with Crippen LogP contribution in [0, 0.1) is 13.8 Å².